The van der Waals surface area contributed by atoms with E-state index in [0.29, 0.717) is 11.5 Å². The number of aryl methyl sites for hydroxylation is 1. The normalized spacial score (nSPS) is 37.1. The molecule has 0 unspecified atom stereocenters. The van der Waals surface area contributed by atoms with Crippen LogP contribution in [0.3, 0.4) is 0 Å². The molecule has 0 N–H and O–H groups in total. The minimum absolute atomic E-state index is 0.0232. The van der Waals surface area contributed by atoms with Gasteiger partial charge in [0.15, 0.2) is 5.16 Å². The van der Waals surface area contributed by atoms with E-state index >= 15 is 0 Å². The van der Waals surface area contributed by atoms with E-state index in [1.165, 1.54) is 19.3 Å². The Labute approximate surface area is 130 Å². The predicted molar refractivity (Wildman–Crippen MR) is 82.1 cm³/mol. The van der Waals surface area contributed by atoms with E-state index in [9.17, 15) is 4.79 Å². The minimum atomic E-state index is 0.0232. The summed E-state index contributed by atoms with van der Waals surface area (Å²) in [4.78, 5) is 12.9. The highest BCUT2D eigenvalue weighted by Gasteiger charge is 2.54. The van der Waals surface area contributed by atoms with Crippen LogP contribution in [0, 0.1) is 30.1 Å². The third kappa shape index (κ3) is 2.24. The van der Waals surface area contributed by atoms with E-state index in [1.807, 2.05) is 18.5 Å². The van der Waals surface area contributed by atoms with Crippen LogP contribution in [0.1, 0.15) is 44.3 Å². The average molecular weight is 305 g/mol. The second kappa shape index (κ2) is 4.83. The van der Waals surface area contributed by atoms with E-state index in [2.05, 4.69) is 10.2 Å². The summed E-state index contributed by atoms with van der Waals surface area (Å²) < 4.78 is 1.97. The van der Waals surface area contributed by atoms with Crippen molar-refractivity contribution in [1.29, 1.82) is 0 Å². The number of ketones is 1. The fourth-order valence-corrected chi connectivity index (χ4v) is 6.24. The largest absolute Gasteiger partial charge is 0.309 e. The number of carbonyl (C=O) groups excluding carboxylic acids is 1. The molecule has 1 aromatic rings. The molecular formula is C16H23N3OS. The lowest BCUT2D eigenvalue weighted by Crippen LogP contribution is -2.50. The molecule has 4 saturated carbocycles. The summed E-state index contributed by atoms with van der Waals surface area (Å²) in [5.41, 5.74) is 0.0232. The maximum atomic E-state index is 12.9. The molecule has 1 heterocycles. The second-order valence-electron chi connectivity index (χ2n) is 7.50. The Morgan fingerprint density at radius 2 is 1.76 bits per heavy atom. The van der Waals surface area contributed by atoms with Crippen LogP contribution in [0.15, 0.2) is 5.16 Å². The molecule has 0 aliphatic heterocycles. The van der Waals surface area contributed by atoms with Crippen molar-refractivity contribution in [1.82, 2.24) is 14.8 Å². The Balaban J connectivity index is 1.46. The molecule has 4 nitrogen and oxygen atoms in total. The van der Waals surface area contributed by atoms with Crippen molar-refractivity contribution in [2.75, 3.05) is 5.75 Å². The number of rotatable bonds is 4. The van der Waals surface area contributed by atoms with Gasteiger partial charge in [-0.05, 0) is 63.2 Å². The molecule has 5 heteroatoms. The van der Waals surface area contributed by atoms with E-state index in [4.69, 9.17) is 0 Å². The van der Waals surface area contributed by atoms with Gasteiger partial charge >= 0.3 is 0 Å². The Morgan fingerprint density at radius 3 is 2.24 bits per heavy atom. The summed E-state index contributed by atoms with van der Waals surface area (Å²) >= 11 is 1.56. The van der Waals surface area contributed by atoms with Gasteiger partial charge in [-0.3, -0.25) is 4.79 Å². The molecule has 5 rings (SSSR count). The highest BCUT2D eigenvalue weighted by Crippen LogP contribution is 2.60. The van der Waals surface area contributed by atoms with Gasteiger partial charge in [0.2, 0.25) is 0 Å². The number of carbonyl (C=O) groups is 1. The van der Waals surface area contributed by atoms with Crippen molar-refractivity contribution in [2.45, 2.75) is 50.6 Å². The van der Waals surface area contributed by atoms with Crippen LogP contribution >= 0.6 is 11.8 Å². The zero-order chi connectivity index (χ0) is 14.6. The van der Waals surface area contributed by atoms with Crippen molar-refractivity contribution in [3.05, 3.63) is 5.82 Å². The van der Waals surface area contributed by atoms with Gasteiger partial charge in [-0.2, -0.15) is 0 Å². The molecule has 0 spiro atoms. The Kier molecular flexibility index (Phi) is 3.18. The van der Waals surface area contributed by atoms with Gasteiger partial charge < -0.3 is 4.57 Å². The van der Waals surface area contributed by atoms with E-state index in [1.54, 1.807) is 11.8 Å². The quantitative estimate of drug-likeness (QED) is 0.802. The molecule has 0 atom stereocenters. The SMILES string of the molecule is Cc1nnc(SCC(=O)C23CC4CC(CC(C4)C2)C3)n1C. The Hall–Kier alpha value is -0.840. The number of thioether (sulfide) groups is 1. The first-order valence-electron chi connectivity index (χ1n) is 8.08. The first kappa shape index (κ1) is 13.8. The molecule has 1 aromatic heterocycles. The Bertz CT molecular complexity index is 545. The van der Waals surface area contributed by atoms with Gasteiger partial charge in [0.25, 0.3) is 0 Å². The zero-order valence-electron chi connectivity index (χ0n) is 12.8. The third-order valence-electron chi connectivity index (χ3n) is 6.01. The lowest BCUT2D eigenvalue weighted by molar-refractivity contribution is -0.141. The topological polar surface area (TPSA) is 47.8 Å². The van der Waals surface area contributed by atoms with Crippen LogP contribution in [0.5, 0.6) is 0 Å². The molecular weight excluding hydrogens is 282 g/mol. The fourth-order valence-electron chi connectivity index (χ4n) is 5.25. The van der Waals surface area contributed by atoms with Crippen LogP contribution < -0.4 is 0 Å². The molecule has 0 aromatic carbocycles. The number of hydrogen-bond acceptors (Lipinski definition) is 4. The zero-order valence-corrected chi connectivity index (χ0v) is 13.7. The van der Waals surface area contributed by atoms with Crippen molar-refractivity contribution in [3.63, 3.8) is 0 Å². The molecule has 0 amide bonds. The first-order chi connectivity index (χ1) is 10.1. The molecule has 0 radical (unpaired) electrons. The summed E-state index contributed by atoms with van der Waals surface area (Å²) in [5.74, 6) is 4.46. The number of aromatic nitrogens is 3. The van der Waals surface area contributed by atoms with Crippen LogP contribution in [-0.2, 0) is 11.8 Å². The van der Waals surface area contributed by atoms with Crippen LogP contribution in [-0.4, -0.2) is 26.3 Å². The Morgan fingerprint density at radius 1 is 1.19 bits per heavy atom. The van der Waals surface area contributed by atoms with Gasteiger partial charge in [0.05, 0.1) is 5.75 Å². The number of hydrogen-bond donors (Lipinski definition) is 0. The minimum Gasteiger partial charge on any atom is -0.309 e. The molecule has 0 saturated heterocycles. The monoisotopic (exact) mass is 305 g/mol. The summed E-state index contributed by atoms with van der Waals surface area (Å²) in [5, 5.41) is 9.09. The van der Waals surface area contributed by atoms with Gasteiger partial charge in [-0.25, -0.2) is 0 Å². The number of Topliss-reactive ketones (excluding diaryl/α,β-unsaturated/α-hetero) is 1. The molecule has 4 aliphatic carbocycles. The summed E-state index contributed by atoms with van der Waals surface area (Å²) in [6, 6.07) is 0. The maximum Gasteiger partial charge on any atom is 0.191 e. The highest BCUT2D eigenvalue weighted by atomic mass is 32.2. The van der Waals surface area contributed by atoms with E-state index in [-0.39, 0.29) is 5.41 Å². The fraction of sp³-hybridized carbons (Fsp3) is 0.812. The molecule has 21 heavy (non-hydrogen) atoms. The van der Waals surface area contributed by atoms with Gasteiger partial charge in [0, 0.05) is 12.5 Å². The lowest BCUT2D eigenvalue weighted by atomic mass is 9.48. The lowest BCUT2D eigenvalue weighted by Gasteiger charge is -2.56. The predicted octanol–water partition coefficient (Wildman–Crippen LogP) is 3.00. The van der Waals surface area contributed by atoms with Crippen LogP contribution in [0.2, 0.25) is 0 Å². The van der Waals surface area contributed by atoms with Crippen molar-refractivity contribution >= 4 is 17.5 Å². The molecule has 4 fully saturated rings. The summed E-state index contributed by atoms with van der Waals surface area (Å²) in [6.45, 7) is 1.94. The molecule has 4 aliphatic rings. The summed E-state index contributed by atoms with van der Waals surface area (Å²) in [6.07, 6.45) is 7.66. The van der Waals surface area contributed by atoms with Crippen molar-refractivity contribution in [3.8, 4) is 0 Å². The highest BCUT2D eigenvalue weighted by molar-refractivity contribution is 7.99. The first-order valence-corrected chi connectivity index (χ1v) is 9.06. The van der Waals surface area contributed by atoms with Gasteiger partial charge in [-0.1, -0.05) is 11.8 Å². The number of nitrogens with zero attached hydrogens (tertiary/aromatic N) is 3. The van der Waals surface area contributed by atoms with Crippen LogP contribution in [0.25, 0.3) is 0 Å². The van der Waals surface area contributed by atoms with Crippen molar-refractivity contribution in [2.24, 2.45) is 30.2 Å². The van der Waals surface area contributed by atoms with E-state index < -0.39 is 0 Å². The van der Waals surface area contributed by atoms with Gasteiger partial charge in [-0.15, -0.1) is 10.2 Å². The maximum absolute atomic E-state index is 12.9. The molecule has 4 bridgehead atoms. The summed E-state index contributed by atoms with van der Waals surface area (Å²) in [7, 11) is 1.97. The molecule has 114 valence electrons. The van der Waals surface area contributed by atoms with Gasteiger partial charge in [0.1, 0.15) is 11.6 Å². The standard InChI is InChI=1S/C16H23N3OS/c1-10-17-18-15(19(10)2)21-9-14(20)16-6-11-3-12(7-16)5-13(4-11)8-16/h11-13H,3-9H2,1-2H3. The van der Waals surface area contributed by atoms with Crippen molar-refractivity contribution < 1.29 is 4.79 Å². The average Bonchev–Trinajstić information content (AvgIpc) is 2.75. The third-order valence-corrected chi connectivity index (χ3v) is 7.03. The van der Waals surface area contributed by atoms with E-state index in [0.717, 1.165) is 48.0 Å². The van der Waals surface area contributed by atoms with Crippen LogP contribution in [0.4, 0.5) is 0 Å². The second-order valence-corrected chi connectivity index (χ2v) is 8.44. The smallest absolute Gasteiger partial charge is 0.191 e.